The van der Waals surface area contributed by atoms with Gasteiger partial charge in [-0.15, -0.1) is 11.3 Å². The Morgan fingerprint density at radius 1 is 1.44 bits per heavy atom. The van der Waals surface area contributed by atoms with Gasteiger partial charge in [0.15, 0.2) is 0 Å². The molecule has 0 saturated heterocycles. The fraction of sp³-hybridized carbons (Fsp3) is 0.250. The van der Waals surface area contributed by atoms with Crippen LogP contribution in [-0.2, 0) is 0 Å². The first-order valence-corrected chi connectivity index (χ1v) is 5.88. The van der Waals surface area contributed by atoms with Crippen LogP contribution < -0.4 is 5.73 Å². The number of hydrogen-bond acceptors (Lipinski definition) is 3. The van der Waals surface area contributed by atoms with Crippen LogP contribution in [0.1, 0.15) is 22.9 Å². The molecule has 0 amide bonds. The molecule has 2 nitrogen and oxygen atoms in total. The number of hydrogen-bond donors (Lipinski definition) is 1. The van der Waals surface area contributed by atoms with Crippen molar-refractivity contribution in [1.82, 2.24) is 4.98 Å². The molecule has 4 heteroatoms. The third-order valence-electron chi connectivity index (χ3n) is 2.27. The first-order valence-electron chi connectivity index (χ1n) is 5.07. The van der Waals surface area contributed by atoms with Crippen molar-refractivity contribution in [1.29, 1.82) is 0 Å². The predicted molar refractivity (Wildman–Crippen MR) is 64.8 cm³/mol. The summed E-state index contributed by atoms with van der Waals surface area (Å²) in [5.41, 5.74) is 7.47. The molecule has 1 atom stereocenters. The quantitative estimate of drug-likeness (QED) is 0.869. The van der Waals surface area contributed by atoms with Crippen LogP contribution in [0.25, 0.3) is 11.3 Å². The third-order valence-corrected chi connectivity index (χ3v) is 3.44. The number of rotatable bonds is 2. The number of nitrogens with zero attached hydrogens (tertiary/aromatic N) is 1. The van der Waals surface area contributed by atoms with E-state index in [-0.39, 0.29) is 11.9 Å². The first kappa shape index (κ1) is 11.2. The van der Waals surface area contributed by atoms with E-state index in [1.165, 1.54) is 12.1 Å². The van der Waals surface area contributed by atoms with Gasteiger partial charge in [0.2, 0.25) is 0 Å². The predicted octanol–water partition coefficient (Wildman–Crippen LogP) is 3.28. The average molecular weight is 236 g/mol. The summed E-state index contributed by atoms with van der Waals surface area (Å²) in [6.45, 7) is 3.84. The van der Waals surface area contributed by atoms with E-state index in [0.717, 1.165) is 21.1 Å². The molecule has 0 spiro atoms. The summed E-state index contributed by atoms with van der Waals surface area (Å²) in [5.74, 6) is -0.251. The summed E-state index contributed by atoms with van der Waals surface area (Å²) in [6.07, 6.45) is 0. The zero-order valence-corrected chi connectivity index (χ0v) is 10.0. The molecular weight excluding hydrogens is 223 g/mol. The van der Waals surface area contributed by atoms with Gasteiger partial charge in [0.05, 0.1) is 10.7 Å². The normalized spacial score (nSPS) is 12.8. The topological polar surface area (TPSA) is 38.9 Å². The second kappa shape index (κ2) is 4.31. The SMILES string of the molecule is Cc1nc(-c2cccc(F)c2)c(C(C)N)s1. The molecule has 2 N–H and O–H groups in total. The highest BCUT2D eigenvalue weighted by Crippen LogP contribution is 2.31. The number of nitrogens with two attached hydrogens (primary N) is 1. The summed E-state index contributed by atoms with van der Waals surface area (Å²) in [6, 6.07) is 6.37. The summed E-state index contributed by atoms with van der Waals surface area (Å²) in [7, 11) is 0. The highest BCUT2D eigenvalue weighted by atomic mass is 32.1. The largest absolute Gasteiger partial charge is 0.323 e. The fourth-order valence-electron chi connectivity index (χ4n) is 1.59. The minimum Gasteiger partial charge on any atom is -0.323 e. The van der Waals surface area contributed by atoms with Crippen molar-refractivity contribution in [2.24, 2.45) is 5.73 Å². The fourth-order valence-corrected chi connectivity index (χ4v) is 2.50. The maximum absolute atomic E-state index is 13.1. The van der Waals surface area contributed by atoms with Gasteiger partial charge in [-0.3, -0.25) is 0 Å². The van der Waals surface area contributed by atoms with Crippen molar-refractivity contribution in [2.45, 2.75) is 19.9 Å². The minimum atomic E-state index is -0.251. The molecule has 16 heavy (non-hydrogen) atoms. The first-order chi connectivity index (χ1) is 7.58. The van der Waals surface area contributed by atoms with Crippen molar-refractivity contribution in [3.8, 4) is 11.3 Å². The van der Waals surface area contributed by atoms with Gasteiger partial charge in [0.1, 0.15) is 5.82 Å². The van der Waals surface area contributed by atoms with Gasteiger partial charge in [-0.1, -0.05) is 12.1 Å². The molecule has 2 rings (SSSR count). The minimum absolute atomic E-state index is 0.0792. The van der Waals surface area contributed by atoms with Crippen LogP contribution >= 0.6 is 11.3 Å². The monoisotopic (exact) mass is 236 g/mol. The van der Waals surface area contributed by atoms with E-state index in [2.05, 4.69) is 4.98 Å². The molecule has 0 saturated carbocycles. The van der Waals surface area contributed by atoms with E-state index in [0.29, 0.717) is 0 Å². The van der Waals surface area contributed by atoms with Crippen LogP contribution in [-0.4, -0.2) is 4.98 Å². The lowest BCUT2D eigenvalue weighted by molar-refractivity contribution is 0.628. The van der Waals surface area contributed by atoms with Crippen molar-refractivity contribution < 1.29 is 4.39 Å². The molecule has 1 unspecified atom stereocenters. The Hall–Kier alpha value is -1.26. The Morgan fingerprint density at radius 2 is 2.19 bits per heavy atom. The second-order valence-electron chi connectivity index (χ2n) is 3.74. The van der Waals surface area contributed by atoms with Gasteiger partial charge in [-0.05, 0) is 26.0 Å². The molecular formula is C12H13FN2S. The molecule has 1 aromatic heterocycles. The lowest BCUT2D eigenvalue weighted by Crippen LogP contribution is -2.04. The van der Waals surface area contributed by atoms with Crippen LogP contribution in [0.15, 0.2) is 24.3 Å². The van der Waals surface area contributed by atoms with Gasteiger partial charge in [-0.2, -0.15) is 0 Å². The molecule has 0 aliphatic rings. The number of halogens is 1. The van der Waals surface area contributed by atoms with Gasteiger partial charge in [0.25, 0.3) is 0 Å². The highest BCUT2D eigenvalue weighted by Gasteiger charge is 2.14. The molecule has 2 aromatic rings. The maximum atomic E-state index is 13.1. The lowest BCUT2D eigenvalue weighted by Gasteiger charge is -2.05. The Morgan fingerprint density at radius 3 is 2.81 bits per heavy atom. The Labute approximate surface area is 97.9 Å². The Bertz CT molecular complexity index is 505. The average Bonchev–Trinajstić information content (AvgIpc) is 2.60. The number of thiazole rings is 1. The number of benzene rings is 1. The molecule has 0 aliphatic heterocycles. The summed E-state index contributed by atoms with van der Waals surface area (Å²) < 4.78 is 13.1. The number of aryl methyl sites for hydroxylation is 1. The standard InChI is InChI=1S/C12H13FN2S/c1-7(14)12-11(15-8(2)16-12)9-4-3-5-10(13)6-9/h3-7H,14H2,1-2H3. The van der Waals surface area contributed by atoms with Crippen LogP contribution in [0.5, 0.6) is 0 Å². The van der Waals surface area contributed by atoms with Crippen LogP contribution in [0, 0.1) is 12.7 Å². The Balaban J connectivity index is 2.55. The zero-order valence-electron chi connectivity index (χ0n) is 9.20. The van der Waals surface area contributed by atoms with Gasteiger partial charge in [0, 0.05) is 16.5 Å². The smallest absolute Gasteiger partial charge is 0.123 e. The molecule has 0 aliphatic carbocycles. The van der Waals surface area contributed by atoms with E-state index in [4.69, 9.17) is 5.73 Å². The molecule has 84 valence electrons. The van der Waals surface area contributed by atoms with Crippen LogP contribution in [0.2, 0.25) is 0 Å². The van der Waals surface area contributed by atoms with E-state index in [9.17, 15) is 4.39 Å². The molecule has 0 bridgehead atoms. The van der Waals surface area contributed by atoms with Gasteiger partial charge < -0.3 is 5.73 Å². The van der Waals surface area contributed by atoms with E-state index in [1.54, 1.807) is 17.4 Å². The van der Waals surface area contributed by atoms with Crippen LogP contribution in [0.4, 0.5) is 4.39 Å². The van der Waals surface area contributed by atoms with Gasteiger partial charge >= 0.3 is 0 Å². The summed E-state index contributed by atoms with van der Waals surface area (Å²) >= 11 is 1.56. The van der Waals surface area contributed by atoms with E-state index >= 15 is 0 Å². The molecule has 1 heterocycles. The molecule has 0 fully saturated rings. The second-order valence-corrected chi connectivity index (χ2v) is 4.98. The molecule has 0 radical (unpaired) electrons. The highest BCUT2D eigenvalue weighted by molar-refractivity contribution is 7.12. The zero-order chi connectivity index (χ0) is 11.7. The van der Waals surface area contributed by atoms with Crippen molar-refractivity contribution in [3.05, 3.63) is 40.0 Å². The third kappa shape index (κ3) is 2.13. The summed E-state index contributed by atoms with van der Waals surface area (Å²) in [5, 5.41) is 0.951. The van der Waals surface area contributed by atoms with Crippen LogP contribution in [0.3, 0.4) is 0 Å². The number of aromatic nitrogens is 1. The van der Waals surface area contributed by atoms with Gasteiger partial charge in [-0.25, -0.2) is 9.37 Å². The summed E-state index contributed by atoms with van der Waals surface area (Å²) in [4.78, 5) is 5.42. The Kier molecular flexibility index (Phi) is 3.03. The maximum Gasteiger partial charge on any atom is 0.123 e. The van der Waals surface area contributed by atoms with Crippen molar-refractivity contribution in [2.75, 3.05) is 0 Å². The molecule has 1 aromatic carbocycles. The van der Waals surface area contributed by atoms with Crippen molar-refractivity contribution in [3.63, 3.8) is 0 Å². The van der Waals surface area contributed by atoms with Crippen molar-refractivity contribution >= 4 is 11.3 Å². The lowest BCUT2D eigenvalue weighted by atomic mass is 10.1. The van der Waals surface area contributed by atoms with E-state index in [1.807, 2.05) is 19.9 Å². The van der Waals surface area contributed by atoms with E-state index < -0.39 is 0 Å².